The summed E-state index contributed by atoms with van der Waals surface area (Å²) in [6.07, 6.45) is 0.202. The van der Waals surface area contributed by atoms with E-state index in [1.165, 1.54) is 7.11 Å². The summed E-state index contributed by atoms with van der Waals surface area (Å²) in [5, 5.41) is 2.88. The second-order valence-electron chi connectivity index (χ2n) is 5.72. The predicted molar refractivity (Wildman–Crippen MR) is 97.2 cm³/mol. The summed E-state index contributed by atoms with van der Waals surface area (Å²) in [6, 6.07) is 14.3. The maximum atomic E-state index is 12.1. The standard InChI is InChI=1S/C20H23NO5/c1-14(17-6-4-5-7-18(17)24-2)21-19(22)13-26-16-10-8-15(9-11-16)12-20(23)25-3/h4-11,14H,12-13H2,1-3H3,(H,21,22). The average Bonchev–Trinajstić information content (AvgIpc) is 2.67. The van der Waals surface area contributed by atoms with Crippen molar-refractivity contribution in [1.82, 2.24) is 5.32 Å². The van der Waals surface area contributed by atoms with Crippen LogP contribution < -0.4 is 14.8 Å². The molecule has 6 nitrogen and oxygen atoms in total. The fourth-order valence-corrected chi connectivity index (χ4v) is 2.48. The molecule has 0 heterocycles. The number of hydrogen-bond donors (Lipinski definition) is 1. The fourth-order valence-electron chi connectivity index (χ4n) is 2.48. The highest BCUT2D eigenvalue weighted by atomic mass is 16.5. The Kier molecular flexibility index (Phi) is 7.02. The van der Waals surface area contributed by atoms with Gasteiger partial charge in [0.2, 0.25) is 0 Å². The van der Waals surface area contributed by atoms with Gasteiger partial charge in [0, 0.05) is 5.56 Å². The molecule has 0 aliphatic rings. The number of ether oxygens (including phenoxy) is 3. The van der Waals surface area contributed by atoms with Gasteiger partial charge in [-0.25, -0.2) is 0 Å². The number of nitrogens with one attached hydrogen (secondary N) is 1. The molecule has 0 saturated heterocycles. The van der Waals surface area contributed by atoms with Crippen LogP contribution in [0.5, 0.6) is 11.5 Å². The average molecular weight is 357 g/mol. The Bertz CT molecular complexity index is 742. The Morgan fingerprint density at radius 3 is 2.38 bits per heavy atom. The zero-order chi connectivity index (χ0) is 18.9. The first-order valence-corrected chi connectivity index (χ1v) is 8.24. The van der Waals surface area contributed by atoms with Gasteiger partial charge in [-0.2, -0.15) is 0 Å². The lowest BCUT2D eigenvalue weighted by Gasteiger charge is -2.17. The minimum absolute atomic E-state index is 0.101. The van der Waals surface area contributed by atoms with Gasteiger partial charge in [-0.15, -0.1) is 0 Å². The Balaban J connectivity index is 1.85. The monoisotopic (exact) mass is 357 g/mol. The summed E-state index contributed by atoms with van der Waals surface area (Å²) in [6.45, 7) is 1.78. The van der Waals surface area contributed by atoms with E-state index in [0.717, 1.165) is 16.9 Å². The zero-order valence-electron chi connectivity index (χ0n) is 15.2. The minimum atomic E-state index is -0.302. The van der Waals surface area contributed by atoms with Crippen molar-refractivity contribution in [2.45, 2.75) is 19.4 Å². The second-order valence-corrected chi connectivity index (χ2v) is 5.72. The van der Waals surface area contributed by atoms with Gasteiger partial charge in [0.05, 0.1) is 26.7 Å². The van der Waals surface area contributed by atoms with Gasteiger partial charge in [-0.1, -0.05) is 30.3 Å². The molecular formula is C20H23NO5. The number of benzene rings is 2. The molecule has 2 aromatic rings. The maximum Gasteiger partial charge on any atom is 0.309 e. The van der Waals surface area contributed by atoms with Crippen LogP contribution >= 0.6 is 0 Å². The summed E-state index contributed by atoms with van der Waals surface area (Å²) in [5.41, 5.74) is 1.72. The number of hydrogen-bond acceptors (Lipinski definition) is 5. The summed E-state index contributed by atoms with van der Waals surface area (Å²) in [7, 11) is 2.95. The zero-order valence-corrected chi connectivity index (χ0v) is 15.2. The molecule has 1 amide bonds. The normalized spacial score (nSPS) is 11.3. The molecule has 0 radical (unpaired) electrons. The first-order valence-electron chi connectivity index (χ1n) is 8.24. The summed E-state index contributed by atoms with van der Waals surface area (Å²) < 4.78 is 15.4. The van der Waals surface area contributed by atoms with Crippen molar-refractivity contribution < 1.29 is 23.8 Å². The van der Waals surface area contributed by atoms with Crippen molar-refractivity contribution in [3.63, 3.8) is 0 Å². The minimum Gasteiger partial charge on any atom is -0.496 e. The van der Waals surface area contributed by atoms with Crippen LogP contribution in [0.25, 0.3) is 0 Å². The predicted octanol–water partition coefficient (Wildman–Crippen LogP) is 2.67. The number of para-hydroxylation sites is 1. The van der Waals surface area contributed by atoms with Crippen molar-refractivity contribution in [2.75, 3.05) is 20.8 Å². The van der Waals surface area contributed by atoms with Crippen molar-refractivity contribution in [3.05, 3.63) is 59.7 Å². The van der Waals surface area contributed by atoms with Gasteiger partial charge in [-0.3, -0.25) is 9.59 Å². The van der Waals surface area contributed by atoms with E-state index in [2.05, 4.69) is 10.1 Å². The lowest BCUT2D eigenvalue weighted by Crippen LogP contribution is -2.31. The Morgan fingerprint density at radius 1 is 1.04 bits per heavy atom. The molecule has 26 heavy (non-hydrogen) atoms. The molecule has 0 aliphatic heterocycles. The van der Waals surface area contributed by atoms with Crippen LogP contribution in [0.15, 0.2) is 48.5 Å². The number of esters is 1. The van der Waals surface area contributed by atoms with Crippen LogP contribution in [0.4, 0.5) is 0 Å². The van der Waals surface area contributed by atoms with Crippen LogP contribution in [0, 0.1) is 0 Å². The van der Waals surface area contributed by atoms with E-state index in [1.54, 1.807) is 31.4 Å². The molecule has 6 heteroatoms. The van der Waals surface area contributed by atoms with Gasteiger partial charge in [0.25, 0.3) is 5.91 Å². The summed E-state index contributed by atoms with van der Waals surface area (Å²) in [4.78, 5) is 23.3. The molecule has 0 bridgehead atoms. The van der Waals surface area contributed by atoms with Gasteiger partial charge in [0.1, 0.15) is 11.5 Å². The van der Waals surface area contributed by atoms with Crippen LogP contribution in [0.1, 0.15) is 24.1 Å². The first-order chi connectivity index (χ1) is 12.5. The van der Waals surface area contributed by atoms with E-state index in [1.807, 2.05) is 31.2 Å². The molecule has 138 valence electrons. The quantitative estimate of drug-likeness (QED) is 0.735. The number of amides is 1. The van der Waals surface area contributed by atoms with E-state index in [-0.39, 0.29) is 30.9 Å². The molecule has 0 saturated carbocycles. The highest BCUT2D eigenvalue weighted by molar-refractivity contribution is 5.78. The lowest BCUT2D eigenvalue weighted by atomic mass is 10.1. The van der Waals surface area contributed by atoms with Crippen molar-refractivity contribution in [1.29, 1.82) is 0 Å². The fraction of sp³-hybridized carbons (Fsp3) is 0.300. The first kappa shape index (κ1) is 19.3. The molecule has 0 aromatic heterocycles. The molecule has 0 aliphatic carbocycles. The molecule has 1 atom stereocenters. The Hall–Kier alpha value is -3.02. The third kappa shape index (κ3) is 5.51. The lowest BCUT2D eigenvalue weighted by molar-refractivity contribution is -0.139. The number of rotatable bonds is 8. The maximum absolute atomic E-state index is 12.1. The van der Waals surface area contributed by atoms with Gasteiger partial charge in [-0.05, 0) is 30.7 Å². The van der Waals surface area contributed by atoms with Gasteiger partial charge >= 0.3 is 5.97 Å². The highest BCUT2D eigenvalue weighted by Gasteiger charge is 2.14. The largest absolute Gasteiger partial charge is 0.496 e. The molecule has 1 unspecified atom stereocenters. The number of carbonyl (C=O) groups excluding carboxylic acids is 2. The third-order valence-corrected chi connectivity index (χ3v) is 3.85. The van der Waals surface area contributed by atoms with Crippen molar-refractivity contribution in [2.24, 2.45) is 0 Å². The summed E-state index contributed by atoms with van der Waals surface area (Å²) >= 11 is 0. The van der Waals surface area contributed by atoms with E-state index in [4.69, 9.17) is 9.47 Å². The molecule has 1 N–H and O–H groups in total. The highest BCUT2D eigenvalue weighted by Crippen LogP contribution is 2.24. The van der Waals surface area contributed by atoms with E-state index in [0.29, 0.717) is 5.75 Å². The van der Waals surface area contributed by atoms with E-state index < -0.39 is 0 Å². The van der Waals surface area contributed by atoms with Gasteiger partial charge in [0.15, 0.2) is 6.61 Å². The van der Waals surface area contributed by atoms with E-state index >= 15 is 0 Å². The Morgan fingerprint density at radius 2 is 1.73 bits per heavy atom. The van der Waals surface area contributed by atoms with Crippen LogP contribution in [-0.4, -0.2) is 32.7 Å². The summed E-state index contributed by atoms with van der Waals surface area (Å²) in [5.74, 6) is 0.742. The van der Waals surface area contributed by atoms with Crippen LogP contribution in [-0.2, 0) is 20.7 Å². The molecule has 0 spiro atoms. The number of carbonyl (C=O) groups is 2. The van der Waals surface area contributed by atoms with Crippen molar-refractivity contribution >= 4 is 11.9 Å². The third-order valence-electron chi connectivity index (χ3n) is 3.85. The SMILES string of the molecule is COC(=O)Cc1ccc(OCC(=O)NC(C)c2ccccc2OC)cc1. The van der Waals surface area contributed by atoms with Gasteiger partial charge < -0.3 is 19.5 Å². The molecule has 0 fully saturated rings. The smallest absolute Gasteiger partial charge is 0.309 e. The van der Waals surface area contributed by atoms with Crippen molar-refractivity contribution in [3.8, 4) is 11.5 Å². The molecular weight excluding hydrogens is 334 g/mol. The van der Waals surface area contributed by atoms with Crippen LogP contribution in [0.3, 0.4) is 0 Å². The van der Waals surface area contributed by atoms with Crippen LogP contribution in [0.2, 0.25) is 0 Å². The molecule has 2 aromatic carbocycles. The second kappa shape index (κ2) is 9.46. The Labute approximate surface area is 153 Å². The topological polar surface area (TPSA) is 73.9 Å². The molecule has 2 rings (SSSR count). The number of methoxy groups -OCH3 is 2. The van der Waals surface area contributed by atoms with E-state index in [9.17, 15) is 9.59 Å².